The molecule has 0 N–H and O–H groups in total. The quantitative estimate of drug-likeness (QED) is 0.0632. The van der Waals surface area contributed by atoms with Crippen molar-refractivity contribution >= 4 is 23.9 Å². The van der Waals surface area contributed by atoms with E-state index in [1.54, 1.807) is 48.5 Å². The number of unbranched alkanes of at least 4 members (excludes halogenated alkanes) is 4. The molecule has 0 radical (unpaired) electrons. The Bertz CT molecular complexity index is 813. The number of hydrogen-bond donors (Lipinski definition) is 0. The number of rotatable bonds is 19. The molecule has 0 saturated heterocycles. The van der Waals surface area contributed by atoms with Crippen LogP contribution in [0.2, 0.25) is 0 Å². The van der Waals surface area contributed by atoms with Crippen molar-refractivity contribution in [3.8, 4) is 0 Å². The van der Waals surface area contributed by atoms with Gasteiger partial charge in [-0.05, 0) is 99.8 Å². The van der Waals surface area contributed by atoms with Gasteiger partial charge < -0.3 is 18.9 Å². The summed E-state index contributed by atoms with van der Waals surface area (Å²) in [6.45, 7) is 13.5. The molecule has 1 atom stereocenters. The summed E-state index contributed by atoms with van der Waals surface area (Å²) in [5.74, 6) is -2.23. The van der Waals surface area contributed by atoms with Gasteiger partial charge in [0.25, 0.3) is 0 Å². The van der Waals surface area contributed by atoms with Gasteiger partial charge in [-0.3, -0.25) is 19.2 Å². The summed E-state index contributed by atoms with van der Waals surface area (Å²) in [4.78, 5) is 50.6. The van der Waals surface area contributed by atoms with E-state index in [9.17, 15) is 32.3 Å². The van der Waals surface area contributed by atoms with Crippen molar-refractivity contribution in [1.29, 1.82) is 0 Å². The molecule has 246 valence electrons. The highest BCUT2D eigenvalue weighted by molar-refractivity contribution is 6.00. The number of esters is 4. The Balaban J connectivity index is 5.77. The monoisotopic (exact) mass is 610 g/mol. The summed E-state index contributed by atoms with van der Waals surface area (Å²) in [7, 11) is 0. The lowest BCUT2D eigenvalue weighted by Crippen LogP contribution is -2.47. The second-order valence-electron chi connectivity index (χ2n) is 12.8. The molecule has 0 aliphatic carbocycles. The maximum atomic E-state index is 13.7. The van der Waals surface area contributed by atoms with Crippen LogP contribution in [0.4, 0.5) is 13.2 Å². The fourth-order valence-electron chi connectivity index (χ4n) is 4.48. The molecule has 8 nitrogen and oxygen atoms in total. The zero-order valence-electron chi connectivity index (χ0n) is 26.9. The maximum Gasteiger partial charge on any atom is 0.389 e. The summed E-state index contributed by atoms with van der Waals surface area (Å²) in [5, 5.41) is 0. The average molecular weight is 611 g/mol. The van der Waals surface area contributed by atoms with Gasteiger partial charge in [-0.1, -0.05) is 19.3 Å². The standard InChI is InChI=1S/C31H53F3O8/c1-9-39-25(36)19-12-10-11-14-20-30(26(37)41-28(3,4)5,27(38)42-29(6,7)8)21-16-18-24(40-23(2)35)17-13-15-22-31(32,33)34/h24H,9-22H2,1-8H3. The van der Waals surface area contributed by atoms with Crippen LogP contribution < -0.4 is 0 Å². The lowest BCUT2D eigenvalue weighted by atomic mass is 9.77. The molecule has 0 aliphatic heterocycles. The largest absolute Gasteiger partial charge is 0.466 e. The molecular formula is C31H53F3O8. The molecule has 42 heavy (non-hydrogen) atoms. The molecule has 0 aromatic heterocycles. The molecule has 0 aromatic carbocycles. The number of carbonyl (C=O) groups is 4. The third kappa shape index (κ3) is 19.0. The Morgan fingerprint density at radius 2 is 1.14 bits per heavy atom. The Hall–Kier alpha value is -2.33. The second-order valence-corrected chi connectivity index (χ2v) is 12.8. The van der Waals surface area contributed by atoms with E-state index >= 15 is 0 Å². The van der Waals surface area contributed by atoms with Crippen LogP contribution in [0.3, 0.4) is 0 Å². The summed E-state index contributed by atoms with van der Waals surface area (Å²) >= 11 is 0. The topological polar surface area (TPSA) is 105 Å². The van der Waals surface area contributed by atoms with Crippen LogP contribution in [0.25, 0.3) is 0 Å². The van der Waals surface area contributed by atoms with Gasteiger partial charge in [-0.25, -0.2) is 0 Å². The summed E-state index contributed by atoms with van der Waals surface area (Å²) in [6, 6.07) is 0. The second kappa shape index (κ2) is 18.4. The van der Waals surface area contributed by atoms with E-state index in [0.717, 1.165) is 0 Å². The molecule has 0 saturated carbocycles. The Kier molecular flexibility index (Phi) is 17.3. The first-order valence-corrected chi connectivity index (χ1v) is 15.1. The van der Waals surface area contributed by atoms with Gasteiger partial charge in [0.15, 0.2) is 5.41 Å². The number of carbonyl (C=O) groups excluding carboxylic acids is 4. The first-order valence-electron chi connectivity index (χ1n) is 15.1. The number of ether oxygens (including phenoxy) is 4. The van der Waals surface area contributed by atoms with E-state index in [1.807, 2.05) is 0 Å². The fourth-order valence-corrected chi connectivity index (χ4v) is 4.48. The molecular weight excluding hydrogens is 557 g/mol. The van der Waals surface area contributed by atoms with Crippen molar-refractivity contribution in [3.63, 3.8) is 0 Å². The molecule has 0 rings (SSSR count). The van der Waals surface area contributed by atoms with Gasteiger partial charge in [-0.15, -0.1) is 0 Å². The minimum absolute atomic E-state index is 0.0555. The Morgan fingerprint density at radius 3 is 1.62 bits per heavy atom. The third-order valence-electron chi connectivity index (χ3n) is 6.32. The molecule has 0 aliphatic rings. The molecule has 11 heteroatoms. The number of hydrogen-bond acceptors (Lipinski definition) is 8. The highest BCUT2D eigenvalue weighted by Gasteiger charge is 2.50. The van der Waals surface area contributed by atoms with Crippen LogP contribution in [0.15, 0.2) is 0 Å². The van der Waals surface area contributed by atoms with Gasteiger partial charge in [0.2, 0.25) is 0 Å². The van der Waals surface area contributed by atoms with Crippen molar-refractivity contribution in [2.24, 2.45) is 5.41 Å². The summed E-state index contributed by atoms with van der Waals surface area (Å²) in [6.07, 6.45) is -1.95. The van der Waals surface area contributed by atoms with Crippen LogP contribution in [0, 0.1) is 5.41 Å². The van der Waals surface area contributed by atoms with Crippen LogP contribution >= 0.6 is 0 Å². The third-order valence-corrected chi connectivity index (χ3v) is 6.32. The zero-order valence-corrected chi connectivity index (χ0v) is 26.9. The van der Waals surface area contributed by atoms with Crippen molar-refractivity contribution in [2.45, 2.75) is 162 Å². The van der Waals surface area contributed by atoms with Crippen molar-refractivity contribution in [1.82, 2.24) is 0 Å². The first-order chi connectivity index (χ1) is 19.2. The Labute approximate surface area is 249 Å². The molecule has 0 aromatic rings. The molecule has 0 bridgehead atoms. The predicted octanol–water partition coefficient (Wildman–Crippen LogP) is 7.78. The normalized spacial score (nSPS) is 13.3. The first kappa shape index (κ1) is 39.7. The van der Waals surface area contributed by atoms with Gasteiger partial charge in [0.1, 0.15) is 17.3 Å². The molecule has 0 amide bonds. The highest BCUT2D eigenvalue weighted by Crippen LogP contribution is 2.38. The molecule has 0 heterocycles. The van der Waals surface area contributed by atoms with Crippen molar-refractivity contribution in [2.75, 3.05) is 6.61 Å². The SMILES string of the molecule is CCOC(=O)CCCCCCC(CCCC(CCCCC(F)(F)F)OC(C)=O)(C(=O)OC(C)(C)C)C(=O)OC(C)(C)C. The lowest BCUT2D eigenvalue weighted by Gasteiger charge is -2.35. The predicted molar refractivity (Wildman–Crippen MR) is 152 cm³/mol. The van der Waals surface area contributed by atoms with E-state index in [-0.39, 0.29) is 57.3 Å². The maximum absolute atomic E-state index is 13.7. The van der Waals surface area contributed by atoms with Gasteiger partial charge in [0.05, 0.1) is 6.61 Å². The van der Waals surface area contributed by atoms with Gasteiger partial charge >= 0.3 is 30.1 Å². The smallest absolute Gasteiger partial charge is 0.389 e. The van der Waals surface area contributed by atoms with E-state index in [1.165, 1.54) is 6.92 Å². The number of halogens is 3. The van der Waals surface area contributed by atoms with Crippen LogP contribution in [0.5, 0.6) is 0 Å². The van der Waals surface area contributed by atoms with Gasteiger partial charge in [-0.2, -0.15) is 13.2 Å². The molecule has 0 fully saturated rings. The van der Waals surface area contributed by atoms with Crippen LogP contribution in [-0.4, -0.2) is 54.0 Å². The minimum Gasteiger partial charge on any atom is -0.466 e. The van der Waals surface area contributed by atoms with Crippen LogP contribution in [0.1, 0.15) is 139 Å². The van der Waals surface area contributed by atoms with E-state index in [4.69, 9.17) is 18.9 Å². The fraction of sp³-hybridized carbons (Fsp3) is 0.871. The van der Waals surface area contributed by atoms with Crippen molar-refractivity contribution < 1.29 is 51.3 Å². The summed E-state index contributed by atoms with van der Waals surface area (Å²) in [5.41, 5.74) is -3.37. The minimum atomic E-state index is -4.25. The molecule has 1 unspecified atom stereocenters. The number of alkyl halides is 3. The average Bonchev–Trinajstić information content (AvgIpc) is 2.79. The lowest BCUT2D eigenvalue weighted by molar-refractivity contribution is -0.187. The van der Waals surface area contributed by atoms with Gasteiger partial charge in [0, 0.05) is 19.8 Å². The Morgan fingerprint density at radius 1 is 0.667 bits per heavy atom. The molecule has 0 spiro atoms. The zero-order chi connectivity index (χ0) is 32.6. The highest BCUT2D eigenvalue weighted by atomic mass is 19.4. The van der Waals surface area contributed by atoms with Crippen LogP contribution in [-0.2, 0) is 38.1 Å². The van der Waals surface area contributed by atoms with E-state index < -0.39 is 53.2 Å². The van der Waals surface area contributed by atoms with Crippen molar-refractivity contribution in [3.05, 3.63) is 0 Å². The summed E-state index contributed by atoms with van der Waals surface area (Å²) < 4.78 is 59.4. The van der Waals surface area contributed by atoms with E-state index in [0.29, 0.717) is 32.3 Å². The van der Waals surface area contributed by atoms with E-state index in [2.05, 4.69) is 0 Å².